The molecular weight excluding hydrogens is 297 g/mol. The number of pyridine rings is 1. The van der Waals surface area contributed by atoms with Crippen LogP contribution in [0.25, 0.3) is 0 Å². The molecule has 0 saturated carbocycles. The van der Waals surface area contributed by atoms with Crippen LogP contribution in [0.1, 0.15) is 12.6 Å². The van der Waals surface area contributed by atoms with Gasteiger partial charge in [0.1, 0.15) is 11.6 Å². The molecule has 0 aromatic carbocycles. The average Bonchev–Trinajstić information content (AvgIpc) is 2.81. The fraction of sp³-hybridized carbons (Fsp3) is 0.385. The Balaban J connectivity index is 1.99. The van der Waals surface area contributed by atoms with E-state index in [9.17, 15) is 0 Å². The first-order chi connectivity index (χ1) is 9.60. The van der Waals surface area contributed by atoms with E-state index in [1.54, 1.807) is 10.7 Å². The normalized spacial score (nSPS) is 10.6. The maximum absolute atomic E-state index is 6.13. The summed E-state index contributed by atoms with van der Waals surface area (Å²) in [5, 5.41) is 11.7. The summed E-state index contributed by atoms with van der Waals surface area (Å²) in [4.78, 5) is 4.39. The minimum absolute atomic E-state index is 0.512. The number of nitrogens with one attached hydrogen (secondary N) is 2. The fourth-order valence-electron chi connectivity index (χ4n) is 1.79. The molecule has 0 bridgehead atoms. The van der Waals surface area contributed by atoms with Gasteiger partial charge in [-0.15, -0.1) is 0 Å². The van der Waals surface area contributed by atoms with Gasteiger partial charge >= 0.3 is 0 Å². The SMILES string of the molecule is CCNc1nc(NCCc2ccn(C)n2)c(Cl)cc1Cl. The van der Waals surface area contributed by atoms with Gasteiger partial charge in [0, 0.05) is 32.8 Å². The smallest absolute Gasteiger partial charge is 0.147 e. The Morgan fingerprint density at radius 2 is 1.90 bits per heavy atom. The van der Waals surface area contributed by atoms with E-state index in [4.69, 9.17) is 23.2 Å². The maximum Gasteiger partial charge on any atom is 0.147 e. The standard InChI is InChI=1S/C13H17Cl2N5/c1-3-16-12-10(14)8-11(15)13(18-12)17-6-4-9-5-7-20(2)19-9/h5,7-8H,3-4,6H2,1-2H3,(H2,16,17,18). The Morgan fingerprint density at radius 1 is 1.20 bits per heavy atom. The van der Waals surface area contributed by atoms with E-state index < -0.39 is 0 Å². The highest BCUT2D eigenvalue weighted by molar-refractivity contribution is 6.37. The van der Waals surface area contributed by atoms with E-state index in [1.807, 2.05) is 26.2 Å². The Labute approximate surface area is 128 Å². The molecule has 2 rings (SSSR count). The fourth-order valence-corrected chi connectivity index (χ4v) is 2.28. The molecule has 2 aromatic heterocycles. The van der Waals surface area contributed by atoms with Crippen LogP contribution in [0.5, 0.6) is 0 Å². The van der Waals surface area contributed by atoms with Crippen LogP contribution in [0.15, 0.2) is 18.3 Å². The molecule has 0 spiro atoms. The minimum atomic E-state index is 0.512. The van der Waals surface area contributed by atoms with Crippen molar-refractivity contribution in [2.75, 3.05) is 23.7 Å². The van der Waals surface area contributed by atoms with Crippen molar-refractivity contribution in [1.82, 2.24) is 14.8 Å². The van der Waals surface area contributed by atoms with Crippen molar-refractivity contribution < 1.29 is 0 Å². The molecule has 20 heavy (non-hydrogen) atoms. The first kappa shape index (κ1) is 14.9. The van der Waals surface area contributed by atoms with E-state index in [0.29, 0.717) is 28.2 Å². The van der Waals surface area contributed by atoms with Crippen molar-refractivity contribution in [1.29, 1.82) is 0 Å². The highest BCUT2D eigenvalue weighted by atomic mass is 35.5. The molecule has 7 heteroatoms. The molecule has 2 N–H and O–H groups in total. The van der Waals surface area contributed by atoms with E-state index in [2.05, 4.69) is 20.7 Å². The Morgan fingerprint density at radius 3 is 2.50 bits per heavy atom. The van der Waals surface area contributed by atoms with Crippen LogP contribution in [-0.4, -0.2) is 27.9 Å². The van der Waals surface area contributed by atoms with Crippen molar-refractivity contribution >= 4 is 34.8 Å². The molecule has 0 unspecified atom stereocenters. The van der Waals surface area contributed by atoms with Crippen molar-refractivity contribution in [2.24, 2.45) is 7.05 Å². The lowest BCUT2D eigenvalue weighted by Gasteiger charge is -2.11. The van der Waals surface area contributed by atoms with Crippen LogP contribution >= 0.6 is 23.2 Å². The Hall–Kier alpha value is -1.46. The Bertz CT molecular complexity index is 582. The van der Waals surface area contributed by atoms with Gasteiger partial charge in [-0.1, -0.05) is 23.2 Å². The van der Waals surface area contributed by atoms with Gasteiger partial charge < -0.3 is 10.6 Å². The lowest BCUT2D eigenvalue weighted by Crippen LogP contribution is -2.09. The number of rotatable bonds is 6. The number of halogens is 2. The molecule has 0 aliphatic rings. The van der Waals surface area contributed by atoms with Crippen LogP contribution in [0.3, 0.4) is 0 Å². The highest BCUT2D eigenvalue weighted by Gasteiger charge is 2.08. The molecule has 0 radical (unpaired) electrons. The number of nitrogens with zero attached hydrogens (tertiary/aromatic N) is 3. The largest absolute Gasteiger partial charge is 0.369 e. The molecule has 0 aliphatic carbocycles. The van der Waals surface area contributed by atoms with E-state index in [0.717, 1.165) is 18.7 Å². The van der Waals surface area contributed by atoms with E-state index >= 15 is 0 Å². The molecule has 0 saturated heterocycles. The van der Waals surface area contributed by atoms with Crippen molar-refractivity contribution in [3.63, 3.8) is 0 Å². The molecule has 5 nitrogen and oxygen atoms in total. The van der Waals surface area contributed by atoms with Gasteiger partial charge in [0.05, 0.1) is 15.7 Å². The van der Waals surface area contributed by atoms with Crippen molar-refractivity contribution in [3.8, 4) is 0 Å². The molecule has 0 atom stereocenters. The van der Waals surface area contributed by atoms with Crippen molar-refractivity contribution in [2.45, 2.75) is 13.3 Å². The number of hydrogen-bond acceptors (Lipinski definition) is 4. The third-order valence-corrected chi connectivity index (χ3v) is 3.29. The van der Waals surface area contributed by atoms with Gasteiger partial charge in [0.2, 0.25) is 0 Å². The summed E-state index contributed by atoms with van der Waals surface area (Å²) >= 11 is 12.2. The lowest BCUT2D eigenvalue weighted by molar-refractivity contribution is 0.742. The quantitative estimate of drug-likeness (QED) is 0.860. The first-order valence-corrected chi connectivity index (χ1v) is 7.18. The molecular formula is C13H17Cl2N5. The summed E-state index contributed by atoms with van der Waals surface area (Å²) in [6, 6.07) is 3.68. The molecule has 0 amide bonds. The number of aryl methyl sites for hydroxylation is 1. The topological polar surface area (TPSA) is 54.8 Å². The van der Waals surface area contributed by atoms with Crippen LogP contribution in [0.4, 0.5) is 11.6 Å². The average molecular weight is 314 g/mol. The maximum atomic E-state index is 6.13. The third kappa shape index (κ3) is 3.77. The predicted molar refractivity (Wildman–Crippen MR) is 83.8 cm³/mol. The van der Waals surface area contributed by atoms with Gasteiger partial charge in [0.15, 0.2) is 0 Å². The van der Waals surface area contributed by atoms with Gasteiger partial charge in [0.25, 0.3) is 0 Å². The molecule has 2 heterocycles. The summed E-state index contributed by atoms with van der Waals surface area (Å²) in [6.45, 7) is 3.44. The highest BCUT2D eigenvalue weighted by Crippen LogP contribution is 2.28. The second-order valence-corrected chi connectivity index (χ2v) is 5.15. The second-order valence-electron chi connectivity index (χ2n) is 4.34. The molecule has 2 aromatic rings. The minimum Gasteiger partial charge on any atom is -0.369 e. The predicted octanol–water partition coefficient (Wildman–Crippen LogP) is 3.21. The number of aromatic nitrogens is 3. The molecule has 108 valence electrons. The zero-order valence-corrected chi connectivity index (χ0v) is 13.0. The van der Waals surface area contributed by atoms with Gasteiger partial charge in [-0.05, 0) is 19.1 Å². The van der Waals surface area contributed by atoms with Gasteiger partial charge in [-0.3, -0.25) is 4.68 Å². The molecule has 0 fully saturated rings. The van der Waals surface area contributed by atoms with Gasteiger partial charge in [-0.25, -0.2) is 4.98 Å². The summed E-state index contributed by atoms with van der Waals surface area (Å²) in [7, 11) is 1.90. The summed E-state index contributed by atoms with van der Waals surface area (Å²) in [6.07, 6.45) is 2.73. The second kappa shape index (κ2) is 6.81. The summed E-state index contributed by atoms with van der Waals surface area (Å²) < 4.78 is 1.78. The monoisotopic (exact) mass is 313 g/mol. The zero-order valence-electron chi connectivity index (χ0n) is 11.5. The van der Waals surface area contributed by atoms with E-state index in [-0.39, 0.29) is 0 Å². The van der Waals surface area contributed by atoms with E-state index in [1.165, 1.54) is 0 Å². The number of hydrogen-bond donors (Lipinski definition) is 2. The van der Waals surface area contributed by atoms with Gasteiger partial charge in [-0.2, -0.15) is 5.10 Å². The lowest BCUT2D eigenvalue weighted by atomic mass is 10.3. The Kier molecular flexibility index (Phi) is 5.09. The van der Waals surface area contributed by atoms with Crippen molar-refractivity contribution in [3.05, 3.63) is 34.1 Å². The molecule has 0 aliphatic heterocycles. The zero-order chi connectivity index (χ0) is 14.5. The summed E-state index contributed by atoms with van der Waals surface area (Å²) in [5.74, 6) is 1.27. The van der Waals surface area contributed by atoms with Crippen LogP contribution in [0.2, 0.25) is 10.0 Å². The summed E-state index contributed by atoms with van der Waals surface area (Å²) in [5.41, 5.74) is 1.02. The first-order valence-electron chi connectivity index (χ1n) is 6.42. The third-order valence-electron chi connectivity index (χ3n) is 2.72. The number of anilines is 2. The van der Waals surface area contributed by atoms with Crippen LogP contribution in [-0.2, 0) is 13.5 Å². The van der Waals surface area contributed by atoms with Crippen LogP contribution in [0, 0.1) is 0 Å². The van der Waals surface area contributed by atoms with Crippen LogP contribution < -0.4 is 10.6 Å².